The van der Waals surface area contributed by atoms with Crippen LogP contribution in [0.4, 0.5) is 0 Å². The van der Waals surface area contributed by atoms with Gasteiger partial charge in [-0.15, -0.1) is 0 Å². The molecule has 0 unspecified atom stereocenters. The van der Waals surface area contributed by atoms with Gasteiger partial charge < -0.3 is 15.3 Å². The number of Topliss-reactive ketones (excluding diaryl/α,β-unsaturated/α-hetero) is 1. The van der Waals surface area contributed by atoms with Crippen LogP contribution in [0.5, 0.6) is 5.75 Å². The molecule has 4 heteroatoms. The lowest BCUT2D eigenvalue weighted by atomic mass is 10.3. The molecule has 0 spiro atoms. The lowest BCUT2D eigenvalue weighted by Gasteiger charge is -2.00. The summed E-state index contributed by atoms with van der Waals surface area (Å²) in [5.74, 6) is 0.361. The van der Waals surface area contributed by atoms with Crippen LogP contribution in [0.15, 0.2) is 30.3 Å². The van der Waals surface area contributed by atoms with Gasteiger partial charge in [-0.1, -0.05) is 18.2 Å². The average molecular weight is 209 g/mol. The van der Waals surface area contributed by atoms with E-state index in [2.05, 4.69) is 0 Å². The molecule has 0 atom stereocenters. The molecular formula is C11H15NO3. The summed E-state index contributed by atoms with van der Waals surface area (Å²) >= 11 is 0. The molecule has 4 nitrogen and oxygen atoms in total. The van der Waals surface area contributed by atoms with E-state index in [0.29, 0.717) is 5.75 Å². The Morgan fingerprint density at radius 3 is 2.07 bits per heavy atom. The second-order valence-corrected chi connectivity index (χ2v) is 2.98. The summed E-state index contributed by atoms with van der Waals surface area (Å²) < 4.78 is 4.99. The van der Waals surface area contributed by atoms with Crippen LogP contribution in [0.2, 0.25) is 0 Å². The largest absolute Gasteiger partial charge is 0.484 e. The molecule has 0 bridgehead atoms. The third-order valence-electron chi connectivity index (χ3n) is 1.12. The summed E-state index contributed by atoms with van der Waals surface area (Å²) in [5.41, 5.74) is 4.88. The Kier molecular flexibility index (Phi) is 6.63. The highest BCUT2D eigenvalue weighted by molar-refractivity contribution is 5.75. The number of nitrogens with two attached hydrogens (primary N) is 1. The van der Waals surface area contributed by atoms with E-state index in [4.69, 9.17) is 10.5 Å². The lowest BCUT2D eigenvalue weighted by Crippen LogP contribution is -2.19. The Labute approximate surface area is 89.0 Å². The van der Waals surface area contributed by atoms with Crippen LogP contribution in [-0.2, 0) is 9.59 Å². The summed E-state index contributed by atoms with van der Waals surface area (Å²) in [6.07, 6.45) is 0. The van der Waals surface area contributed by atoms with Crippen molar-refractivity contribution in [3.8, 4) is 5.75 Å². The van der Waals surface area contributed by atoms with E-state index < -0.39 is 5.91 Å². The highest BCUT2D eigenvalue weighted by atomic mass is 16.5. The first-order chi connectivity index (χ1) is 7.02. The van der Waals surface area contributed by atoms with Gasteiger partial charge >= 0.3 is 0 Å². The number of primary amides is 1. The second kappa shape index (κ2) is 7.55. The summed E-state index contributed by atoms with van der Waals surface area (Å²) in [7, 11) is 0. The van der Waals surface area contributed by atoms with Gasteiger partial charge in [-0.2, -0.15) is 0 Å². The highest BCUT2D eigenvalue weighted by Gasteiger charge is 1.94. The van der Waals surface area contributed by atoms with E-state index in [-0.39, 0.29) is 12.4 Å². The quantitative estimate of drug-likeness (QED) is 0.811. The third kappa shape index (κ3) is 10.1. The normalized spacial score (nSPS) is 8.40. The van der Waals surface area contributed by atoms with E-state index in [1.54, 1.807) is 12.1 Å². The average Bonchev–Trinajstić information content (AvgIpc) is 2.15. The zero-order valence-electron chi connectivity index (χ0n) is 8.90. The molecule has 1 aromatic rings. The molecule has 0 saturated heterocycles. The summed E-state index contributed by atoms with van der Waals surface area (Å²) in [5, 5.41) is 0. The maximum atomic E-state index is 10.3. The highest BCUT2D eigenvalue weighted by Crippen LogP contribution is 2.07. The topological polar surface area (TPSA) is 69.4 Å². The minimum Gasteiger partial charge on any atom is -0.484 e. The van der Waals surface area contributed by atoms with Gasteiger partial charge in [0.25, 0.3) is 5.91 Å². The van der Waals surface area contributed by atoms with Gasteiger partial charge in [0, 0.05) is 0 Å². The molecule has 1 rings (SSSR count). The fourth-order valence-electron chi connectivity index (χ4n) is 0.671. The van der Waals surface area contributed by atoms with Gasteiger partial charge in [-0.25, -0.2) is 0 Å². The van der Waals surface area contributed by atoms with Crippen LogP contribution in [0.3, 0.4) is 0 Å². The number of hydrogen-bond acceptors (Lipinski definition) is 3. The Balaban J connectivity index is 0.000000423. The van der Waals surface area contributed by atoms with Crippen LogP contribution in [0.25, 0.3) is 0 Å². The Morgan fingerprint density at radius 2 is 1.67 bits per heavy atom. The summed E-state index contributed by atoms with van der Waals surface area (Å²) in [4.78, 5) is 19.7. The first-order valence-corrected chi connectivity index (χ1v) is 4.45. The van der Waals surface area contributed by atoms with Gasteiger partial charge in [0.2, 0.25) is 0 Å². The van der Waals surface area contributed by atoms with Gasteiger partial charge in [-0.05, 0) is 26.0 Å². The molecule has 82 valence electrons. The van der Waals surface area contributed by atoms with E-state index in [1.807, 2.05) is 18.2 Å². The Morgan fingerprint density at radius 1 is 1.20 bits per heavy atom. The minimum atomic E-state index is -0.464. The van der Waals surface area contributed by atoms with E-state index in [0.717, 1.165) is 0 Å². The van der Waals surface area contributed by atoms with Crippen LogP contribution in [0, 0.1) is 0 Å². The molecule has 0 fully saturated rings. The zero-order valence-corrected chi connectivity index (χ0v) is 8.90. The molecule has 0 radical (unpaired) electrons. The number of hydrogen-bond donors (Lipinski definition) is 1. The monoisotopic (exact) mass is 209 g/mol. The maximum absolute atomic E-state index is 10.3. The predicted octanol–water partition coefficient (Wildman–Crippen LogP) is 1.15. The van der Waals surface area contributed by atoms with Crippen LogP contribution in [-0.4, -0.2) is 18.3 Å². The number of rotatable bonds is 3. The second-order valence-electron chi connectivity index (χ2n) is 2.98. The molecule has 1 aromatic carbocycles. The lowest BCUT2D eigenvalue weighted by molar-refractivity contribution is -0.120. The van der Waals surface area contributed by atoms with Crippen LogP contribution < -0.4 is 10.5 Å². The molecule has 0 aliphatic carbocycles. The van der Waals surface area contributed by atoms with Crippen molar-refractivity contribution in [2.24, 2.45) is 5.73 Å². The van der Waals surface area contributed by atoms with Gasteiger partial charge in [0.05, 0.1) is 0 Å². The fourth-order valence-corrected chi connectivity index (χ4v) is 0.671. The van der Waals surface area contributed by atoms with Gasteiger partial charge in [0.15, 0.2) is 6.61 Å². The Bertz CT molecular complexity index is 305. The first kappa shape index (κ1) is 13.2. The molecule has 2 N–H and O–H groups in total. The molecule has 0 heterocycles. The standard InChI is InChI=1S/C8H9NO2.C3H6O/c9-8(10)6-11-7-4-2-1-3-5-7;1-3(2)4/h1-5H,6H2,(H2,9,10);1-2H3. The van der Waals surface area contributed by atoms with Gasteiger partial charge in [0.1, 0.15) is 11.5 Å². The number of ketones is 1. The number of carbonyl (C=O) groups is 2. The molecule has 0 aromatic heterocycles. The number of ether oxygens (including phenoxy) is 1. The molecule has 0 aliphatic heterocycles. The van der Waals surface area contributed by atoms with Crippen molar-refractivity contribution in [1.29, 1.82) is 0 Å². The van der Waals surface area contributed by atoms with Crippen molar-refractivity contribution in [3.05, 3.63) is 30.3 Å². The number of benzene rings is 1. The van der Waals surface area contributed by atoms with Crippen molar-refractivity contribution < 1.29 is 14.3 Å². The molecule has 0 aliphatic rings. The van der Waals surface area contributed by atoms with Crippen molar-refractivity contribution in [3.63, 3.8) is 0 Å². The minimum absolute atomic E-state index is 0.0655. The number of amides is 1. The van der Waals surface area contributed by atoms with Crippen LogP contribution in [0.1, 0.15) is 13.8 Å². The van der Waals surface area contributed by atoms with Crippen molar-refractivity contribution >= 4 is 11.7 Å². The fraction of sp³-hybridized carbons (Fsp3) is 0.273. The van der Waals surface area contributed by atoms with E-state index >= 15 is 0 Å². The summed E-state index contributed by atoms with van der Waals surface area (Å²) in [6.45, 7) is 2.99. The molecule has 15 heavy (non-hydrogen) atoms. The van der Waals surface area contributed by atoms with Crippen molar-refractivity contribution in [1.82, 2.24) is 0 Å². The van der Waals surface area contributed by atoms with E-state index in [1.165, 1.54) is 13.8 Å². The zero-order chi connectivity index (χ0) is 11.7. The van der Waals surface area contributed by atoms with Gasteiger partial charge in [-0.3, -0.25) is 4.79 Å². The molecule has 0 saturated carbocycles. The smallest absolute Gasteiger partial charge is 0.255 e. The van der Waals surface area contributed by atoms with Crippen molar-refractivity contribution in [2.75, 3.05) is 6.61 Å². The number of carbonyl (C=O) groups excluding carboxylic acids is 2. The number of para-hydroxylation sites is 1. The SMILES string of the molecule is CC(C)=O.NC(=O)COc1ccccc1. The predicted molar refractivity (Wildman–Crippen MR) is 57.5 cm³/mol. The molecule has 1 amide bonds. The Hall–Kier alpha value is -1.84. The molecular weight excluding hydrogens is 194 g/mol. The van der Waals surface area contributed by atoms with Crippen LogP contribution >= 0.6 is 0 Å². The summed E-state index contributed by atoms with van der Waals surface area (Å²) in [6, 6.07) is 9.07. The maximum Gasteiger partial charge on any atom is 0.255 e. The van der Waals surface area contributed by atoms with Crippen molar-refractivity contribution in [2.45, 2.75) is 13.8 Å². The first-order valence-electron chi connectivity index (χ1n) is 4.45. The van der Waals surface area contributed by atoms with E-state index in [9.17, 15) is 9.59 Å². The third-order valence-corrected chi connectivity index (χ3v) is 1.12.